The fourth-order valence-electron chi connectivity index (χ4n) is 4.38. The van der Waals surface area contributed by atoms with Crippen LogP contribution in [0.15, 0.2) is 30.7 Å². The van der Waals surface area contributed by atoms with Crippen LogP contribution in [0.1, 0.15) is 31.5 Å². The van der Waals surface area contributed by atoms with Crippen molar-refractivity contribution in [3.8, 4) is 5.75 Å². The second kappa shape index (κ2) is 9.20. The summed E-state index contributed by atoms with van der Waals surface area (Å²) >= 11 is 0. The molecule has 5 rings (SSSR count). The van der Waals surface area contributed by atoms with Gasteiger partial charge in [0.1, 0.15) is 17.1 Å². The first kappa shape index (κ1) is 20.8. The fourth-order valence-corrected chi connectivity index (χ4v) is 4.38. The van der Waals surface area contributed by atoms with E-state index in [1.807, 2.05) is 0 Å². The summed E-state index contributed by atoms with van der Waals surface area (Å²) in [6, 6.07) is 4.31. The molecule has 8 nitrogen and oxygen atoms in total. The standard InChI is InChI=1S/C23H27FN6O2/c1-15-27-14-19(24)23(28-15)29-16-2-4-18(5-3-16)32-21-13-17(30-8-10-31-11-9-30)12-20-22(21)26-7-6-25-20/h6-7,12-14,16,18H,2-5,8-11H2,1H3,(H,27,28,29). The van der Waals surface area contributed by atoms with Crippen molar-refractivity contribution in [3.05, 3.63) is 42.4 Å². The van der Waals surface area contributed by atoms with Crippen LogP contribution in [0.25, 0.3) is 11.0 Å². The molecule has 1 saturated heterocycles. The molecule has 0 unspecified atom stereocenters. The number of ether oxygens (including phenoxy) is 2. The minimum Gasteiger partial charge on any atom is -0.488 e. The van der Waals surface area contributed by atoms with E-state index in [1.54, 1.807) is 19.3 Å². The fraction of sp³-hybridized carbons (Fsp3) is 0.478. The quantitative estimate of drug-likeness (QED) is 0.648. The maximum atomic E-state index is 14.0. The predicted octanol–water partition coefficient (Wildman–Crippen LogP) is 3.51. The van der Waals surface area contributed by atoms with Crippen molar-refractivity contribution in [2.45, 2.75) is 44.8 Å². The highest BCUT2D eigenvalue weighted by atomic mass is 19.1. The average molecular weight is 439 g/mol. The topological polar surface area (TPSA) is 85.3 Å². The Hall–Kier alpha value is -3.07. The molecule has 3 heterocycles. The lowest BCUT2D eigenvalue weighted by molar-refractivity contribution is 0.122. The van der Waals surface area contributed by atoms with E-state index in [1.165, 1.54) is 6.20 Å². The SMILES string of the molecule is Cc1ncc(F)c(NC2CCC(Oc3cc(N4CCOCC4)cc4nccnc34)CC2)n1. The molecule has 9 heteroatoms. The van der Waals surface area contributed by atoms with E-state index < -0.39 is 5.82 Å². The first-order chi connectivity index (χ1) is 15.7. The lowest BCUT2D eigenvalue weighted by atomic mass is 9.93. The Kier molecular flexibility index (Phi) is 5.98. The third-order valence-corrected chi connectivity index (χ3v) is 6.07. The van der Waals surface area contributed by atoms with Gasteiger partial charge in [0.25, 0.3) is 0 Å². The molecule has 1 aliphatic heterocycles. The number of hydrogen-bond donors (Lipinski definition) is 1. The monoisotopic (exact) mass is 438 g/mol. The summed E-state index contributed by atoms with van der Waals surface area (Å²) in [5.74, 6) is 1.19. The molecule has 0 spiro atoms. The number of benzene rings is 1. The van der Waals surface area contributed by atoms with E-state index in [4.69, 9.17) is 9.47 Å². The second-order valence-electron chi connectivity index (χ2n) is 8.32. The molecule has 1 aromatic carbocycles. The Morgan fingerprint density at radius 1 is 1.06 bits per heavy atom. The Morgan fingerprint density at radius 2 is 1.84 bits per heavy atom. The number of hydrogen-bond acceptors (Lipinski definition) is 8. The smallest absolute Gasteiger partial charge is 0.183 e. The summed E-state index contributed by atoms with van der Waals surface area (Å²) in [5.41, 5.74) is 2.70. The second-order valence-corrected chi connectivity index (χ2v) is 8.32. The molecule has 1 aliphatic carbocycles. The van der Waals surface area contributed by atoms with Gasteiger partial charge in [-0.2, -0.15) is 0 Å². The molecule has 0 radical (unpaired) electrons. The third kappa shape index (κ3) is 4.57. The summed E-state index contributed by atoms with van der Waals surface area (Å²) in [6.45, 7) is 4.89. The Balaban J connectivity index is 1.28. The number of nitrogens with zero attached hydrogens (tertiary/aromatic N) is 5. The van der Waals surface area contributed by atoms with Crippen LogP contribution in [-0.4, -0.2) is 58.4 Å². The molecule has 0 bridgehead atoms. The maximum Gasteiger partial charge on any atom is 0.183 e. The molecule has 2 aromatic heterocycles. The Labute approximate surface area is 186 Å². The van der Waals surface area contributed by atoms with E-state index >= 15 is 0 Å². The van der Waals surface area contributed by atoms with Crippen LogP contribution < -0.4 is 15.0 Å². The van der Waals surface area contributed by atoms with Gasteiger partial charge in [-0.25, -0.2) is 19.3 Å². The zero-order chi connectivity index (χ0) is 21.9. The molecule has 0 atom stereocenters. The third-order valence-electron chi connectivity index (χ3n) is 6.07. The van der Waals surface area contributed by atoms with Gasteiger partial charge in [-0.15, -0.1) is 0 Å². The molecule has 1 saturated carbocycles. The molecule has 2 fully saturated rings. The lowest BCUT2D eigenvalue weighted by Crippen LogP contribution is -2.36. The van der Waals surface area contributed by atoms with Crippen LogP contribution in [0.4, 0.5) is 15.9 Å². The van der Waals surface area contributed by atoms with E-state index in [9.17, 15) is 4.39 Å². The number of morpholine rings is 1. The van der Waals surface area contributed by atoms with Crippen molar-refractivity contribution in [2.75, 3.05) is 36.5 Å². The zero-order valence-electron chi connectivity index (χ0n) is 18.1. The van der Waals surface area contributed by atoms with Crippen LogP contribution in [0, 0.1) is 12.7 Å². The van der Waals surface area contributed by atoms with Gasteiger partial charge in [0.2, 0.25) is 0 Å². The minimum atomic E-state index is -0.418. The summed E-state index contributed by atoms with van der Waals surface area (Å²) in [5, 5.41) is 3.23. The number of anilines is 2. The van der Waals surface area contributed by atoms with Gasteiger partial charge in [0.05, 0.1) is 31.0 Å². The van der Waals surface area contributed by atoms with Crippen molar-refractivity contribution in [1.29, 1.82) is 0 Å². The van der Waals surface area contributed by atoms with E-state index in [0.717, 1.165) is 74.5 Å². The van der Waals surface area contributed by atoms with Gasteiger partial charge in [-0.3, -0.25) is 4.98 Å². The van der Waals surface area contributed by atoms with Crippen molar-refractivity contribution < 1.29 is 13.9 Å². The van der Waals surface area contributed by atoms with E-state index in [-0.39, 0.29) is 18.0 Å². The summed E-state index contributed by atoms with van der Waals surface area (Å²) in [4.78, 5) is 19.4. The summed E-state index contributed by atoms with van der Waals surface area (Å²) < 4.78 is 25.9. The number of nitrogens with one attached hydrogen (secondary N) is 1. The maximum absolute atomic E-state index is 14.0. The van der Waals surface area contributed by atoms with Gasteiger partial charge in [0.15, 0.2) is 11.6 Å². The number of aromatic nitrogens is 4. The first-order valence-electron chi connectivity index (χ1n) is 11.2. The molecular weight excluding hydrogens is 411 g/mol. The molecule has 2 aliphatic rings. The predicted molar refractivity (Wildman–Crippen MR) is 120 cm³/mol. The van der Waals surface area contributed by atoms with Gasteiger partial charge in [-0.05, 0) is 38.7 Å². The van der Waals surface area contributed by atoms with Gasteiger partial charge >= 0.3 is 0 Å². The Bertz CT molecular complexity index is 1080. The summed E-state index contributed by atoms with van der Waals surface area (Å²) in [6.07, 6.45) is 8.19. The van der Waals surface area contributed by atoms with Crippen LogP contribution in [0.3, 0.4) is 0 Å². The molecule has 168 valence electrons. The Morgan fingerprint density at radius 3 is 2.66 bits per heavy atom. The molecule has 3 aromatic rings. The summed E-state index contributed by atoms with van der Waals surface area (Å²) in [7, 11) is 0. The molecule has 0 amide bonds. The van der Waals surface area contributed by atoms with Crippen LogP contribution >= 0.6 is 0 Å². The average Bonchev–Trinajstić information content (AvgIpc) is 2.83. The van der Waals surface area contributed by atoms with Crippen molar-refractivity contribution >= 4 is 22.5 Å². The van der Waals surface area contributed by atoms with Crippen LogP contribution in [-0.2, 0) is 4.74 Å². The van der Waals surface area contributed by atoms with E-state index in [0.29, 0.717) is 5.82 Å². The molecular formula is C23H27FN6O2. The van der Waals surface area contributed by atoms with Crippen molar-refractivity contribution in [1.82, 2.24) is 19.9 Å². The highest BCUT2D eigenvalue weighted by Crippen LogP contribution is 2.33. The number of fused-ring (bicyclic) bond motifs is 1. The van der Waals surface area contributed by atoms with Crippen molar-refractivity contribution in [3.63, 3.8) is 0 Å². The molecule has 32 heavy (non-hydrogen) atoms. The number of rotatable bonds is 5. The largest absolute Gasteiger partial charge is 0.488 e. The first-order valence-corrected chi connectivity index (χ1v) is 11.2. The van der Waals surface area contributed by atoms with E-state index in [2.05, 4.69) is 42.3 Å². The molecule has 1 N–H and O–H groups in total. The van der Waals surface area contributed by atoms with Gasteiger partial charge in [0, 0.05) is 43.3 Å². The van der Waals surface area contributed by atoms with Crippen molar-refractivity contribution in [2.24, 2.45) is 0 Å². The minimum absolute atomic E-state index is 0.0789. The number of halogens is 1. The number of aryl methyl sites for hydroxylation is 1. The van der Waals surface area contributed by atoms with Gasteiger partial charge in [-0.1, -0.05) is 0 Å². The highest BCUT2D eigenvalue weighted by molar-refractivity contribution is 5.85. The van der Waals surface area contributed by atoms with Crippen LogP contribution in [0.2, 0.25) is 0 Å². The zero-order valence-corrected chi connectivity index (χ0v) is 18.1. The highest BCUT2D eigenvalue weighted by Gasteiger charge is 2.25. The normalized spacial score (nSPS) is 21.5. The van der Waals surface area contributed by atoms with Gasteiger partial charge < -0.3 is 19.7 Å². The lowest BCUT2D eigenvalue weighted by Gasteiger charge is -2.31. The van der Waals surface area contributed by atoms with Crippen LogP contribution in [0.5, 0.6) is 5.75 Å².